The van der Waals surface area contributed by atoms with Crippen molar-refractivity contribution in [3.05, 3.63) is 0 Å². The molecule has 0 aromatic rings. The van der Waals surface area contributed by atoms with Crippen molar-refractivity contribution in [1.82, 2.24) is 14.7 Å². The van der Waals surface area contributed by atoms with E-state index in [9.17, 15) is 14.7 Å². The van der Waals surface area contributed by atoms with Gasteiger partial charge in [-0.3, -0.25) is 14.5 Å². The number of β-amino-alcohol motifs (C(OH)–C–C–N with tert-alkyl or cyclic N) is 1. The van der Waals surface area contributed by atoms with E-state index >= 15 is 0 Å². The van der Waals surface area contributed by atoms with Gasteiger partial charge in [-0.15, -0.1) is 0 Å². The molecule has 118 valence electrons. The lowest BCUT2D eigenvalue weighted by Gasteiger charge is -2.60. The maximum Gasteiger partial charge on any atom is 0.225 e. The lowest BCUT2D eigenvalue weighted by atomic mass is 9.83. The van der Waals surface area contributed by atoms with E-state index in [0.29, 0.717) is 32.7 Å². The molecule has 3 saturated heterocycles. The quantitative estimate of drug-likeness (QED) is 0.710. The lowest BCUT2D eigenvalue weighted by molar-refractivity contribution is -0.161. The van der Waals surface area contributed by atoms with Crippen LogP contribution in [-0.2, 0) is 9.59 Å². The van der Waals surface area contributed by atoms with Gasteiger partial charge in [-0.05, 0) is 6.42 Å². The first kappa shape index (κ1) is 14.8. The Hall–Kier alpha value is -1.14. The van der Waals surface area contributed by atoms with Crippen LogP contribution in [0.2, 0.25) is 0 Å². The van der Waals surface area contributed by atoms with Gasteiger partial charge in [0.25, 0.3) is 0 Å². The third-order valence-corrected chi connectivity index (χ3v) is 5.14. The van der Waals surface area contributed by atoms with Gasteiger partial charge in [-0.2, -0.15) is 0 Å². The Labute approximate surface area is 125 Å². The number of hydrogen-bond acceptors (Lipinski definition) is 4. The number of aliphatic hydroxyl groups is 1. The normalized spacial score (nSPS) is 31.5. The van der Waals surface area contributed by atoms with Gasteiger partial charge in [0.1, 0.15) is 0 Å². The van der Waals surface area contributed by atoms with Crippen molar-refractivity contribution >= 4 is 11.8 Å². The minimum atomic E-state index is -0.313. The van der Waals surface area contributed by atoms with Gasteiger partial charge in [-0.25, -0.2) is 0 Å². The number of fused-ring (bicyclic) bond motifs is 2. The van der Waals surface area contributed by atoms with Gasteiger partial charge in [-0.1, -0.05) is 13.8 Å². The van der Waals surface area contributed by atoms with Crippen LogP contribution in [0, 0.1) is 5.92 Å². The van der Waals surface area contributed by atoms with E-state index in [1.165, 1.54) is 0 Å². The molecule has 3 fully saturated rings. The topological polar surface area (TPSA) is 64.1 Å². The summed E-state index contributed by atoms with van der Waals surface area (Å²) < 4.78 is 0. The summed E-state index contributed by atoms with van der Waals surface area (Å²) in [5.74, 6) is 0.254. The fraction of sp³-hybridized carbons (Fsp3) is 0.867. The second-order valence-electron chi connectivity index (χ2n) is 7.17. The van der Waals surface area contributed by atoms with E-state index in [2.05, 4.69) is 4.90 Å². The van der Waals surface area contributed by atoms with E-state index in [0.717, 1.165) is 6.42 Å². The summed E-state index contributed by atoms with van der Waals surface area (Å²) >= 11 is 0. The Kier molecular flexibility index (Phi) is 3.48. The average Bonchev–Trinajstić information content (AvgIpc) is 2.73. The summed E-state index contributed by atoms with van der Waals surface area (Å²) in [6.45, 7) is 8.83. The Morgan fingerprint density at radius 3 is 2.33 bits per heavy atom. The van der Waals surface area contributed by atoms with E-state index in [4.69, 9.17) is 0 Å². The van der Waals surface area contributed by atoms with Crippen molar-refractivity contribution in [3.63, 3.8) is 0 Å². The van der Waals surface area contributed by atoms with Gasteiger partial charge in [0.05, 0.1) is 11.6 Å². The summed E-state index contributed by atoms with van der Waals surface area (Å²) in [7, 11) is 0. The molecule has 0 unspecified atom stereocenters. The van der Waals surface area contributed by atoms with E-state index in [-0.39, 0.29) is 35.4 Å². The van der Waals surface area contributed by atoms with Crippen molar-refractivity contribution in [2.75, 3.05) is 32.7 Å². The first-order chi connectivity index (χ1) is 9.82. The first-order valence-corrected chi connectivity index (χ1v) is 7.81. The Morgan fingerprint density at radius 1 is 1.14 bits per heavy atom. The summed E-state index contributed by atoms with van der Waals surface area (Å²) in [6, 6.07) is 0.227. The molecule has 3 heterocycles. The van der Waals surface area contributed by atoms with Gasteiger partial charge >= 0.3 is 0 Å². The maximum atomic E-state index is 12.4. The summed E-state index contributed by atoms with van der Waals surface area (Å²) in [5, 5.41) is 10.00. The second-order valence-corrected chi connectivity index (χ2v) is 7.17. The molecule has 3 rings (SSSR count). The number of carbonyl (C=O) groups is 2. The number of hydrogen-bond donors (Lipinski definition) is 1. The van der Waals surface area contributed by atoms with Crippen molar-refractivity contribution < 1.29 is 14.7 Å². The number of nitrogens with zero attached hydrogens (tertiary/aromatic N) is 3. The Bertz CT molecular complexity index is 459. The molecule has 1 spiro atoms. The standard InChI is InChI=1S/C15H25N3O3/c1-10(2)14(21)16-5-12-4-13(20)6-18(12)15(7-16)8-17(9-15)11(3)19/h10,12-13,20H,4-9H2,1-3H3/t12-,13-/m1/s1. The van der Waals surface area contributed by atoms with Crippen LogP contribution in [0.15, 0.2) is 0 Å². The monoisotopic (exact) mass is 295 g/mol. The molecular formula is C15H25N3O3. The molecule has 0 aromatic heterocycles. The summed E-state index contributed by atoms with van der Waals surface area (Å²) in [5.41, 5.74) is -0.142. The third-order valence-electron chi connectivity index (χ3n) is 5.14. The van der Waals surface area contributed by atoms with Crippen LogP contribution < -0.4 is 0 Å². The minimum Gasteiger partial charge on any atom is -0.392 e. The number of carbonyl (C=O) groups excluding carboxylic acids is 2. The molecule has 0 bridgehead atoms. The zero-order valence-corrected chi connectivity index (χ0v) is 13.1. The predicted molar refractivity (Wildman–Crippen MR) is 77.5 cm³/mol. The van der Waals surface area contributed by atoms with Crippen LogP contribution in [0.4, 0.5) is 0 Å². The second kappa shape index (κ2) is 4.95. The summed E-state index contributed by atoms with van der Waals surface area (Å²) in [6.07, 6.45) is 0.413. The molecule has 3 aliphatic heterocycles. The molecule has 0 aliphatic carbocycles. The fourth-order valence-corrected chi connectivity index (χ4v) is 4.11. The van der Waals surface area contributed by atoms with Gasteiger partial charge < -0.3 is 14.9 Å². The van der Waals surface area contributed by atoms with E-state index in [1.807, 2.05) is 23.6 Å². The van der Waals surface area contributed by atoms with Crippen LogP contribution in [-0.4, -0.2) is 82.0 Å². The number of piperazine rings is 1. The number of aliphatic hydroxyl groups excluding tert-OH is 1. The molecule has 0 radical (unpaired) electrons. The van der Waals surface area contributed by atoms with Crippen LogP contribution in [0.25, 0.3) is 0 Å². The molecule has 0 saturated carbocycles. The third kappa shape index (κ3) is 2.34. The van der Waals surface area contributed by atoms with Crippen molar-refractivity contribution in [3.8, 4) is 0 Å². The number of amides is 2. The molecule has 0 aromatic carbocycles. The lowest BCUT2D eigenvalue weighted by Crippen LogP contribution is -2.79. The van der Waals surface area contributed by atoms with Crippen molar-refractivity contribution in [2.45, 2.75) is 44.9 Å². The molecule has 3 aliphatic rings. The molecule has 6 heteroatoms. The van der Waals surface area contributed by atoms with E-state index in [1.54, 1.807) is 6.92 Å². The highest BCUT2D eigenvalue weighted by atomic mass is 16.3. The van der Waals surface area contributed by atoms with Crippen LogP contribution in [0.5, 0.6) is 0 Å². The summed E-state index contributed by atoms with van der Waals surface area (Å²) in [4.78, 5) is 30.0. The largest absolute Gasteiger partial charge is 0.392 e. The fourth-order valence-electron chi connectivity index (χ4n) is 4.11. The molecule has 1 N–H and O–H groups in total. The van der Waals surface area contributed by atoms with Crippen LogP contribution in [0.3, 0.4) is 0 Å². The average molecular weight is 295 g/mol. The first-order valence-electron chi connectivity index (χ1n) is 7.81. The highest BCUT2D eigenvalue weighted by Gasteiger charge is 2.57. The van der Waals surface area contributed by atoms with Crippen LogP contribution >= 0.6 is 0 Å². The van der Waals surface area contributed by atoms with Gasteiger partial charge in [0.2, 0.25) is 11.8 Å². The zero-order valence-electron chi connectivity index (χ0n) is 13.1. The van der Waals surface area contributed by atoms with Gasteiger partial charge in [0, 0.05) is 51.6 Å². The van der Waals surface area contributed by atoms with Gasteiger partial charge in [0.15, 0.2) is 0 Å². The smallest absolute Gasteiger partial charge is 0.225 e. The zero-order chi connectivity index (χ0) is 15.4. The predicted octanol–water partition coefficient (Wildman–Crippen LogP) is -0.479. The highest BCUT2D eigenvalue weighted by Crippen LogP contribution is 2.39. The molecule has 2 amide bonds. The highest BCUT2D eigenvalue weighted by molar-refractivity contribution is 5.79. The van der Waals surface area contributed by atoms with Crippen LogP contribution in [0.1, 0.15) is 27.2 Å². The Balaban J connectivity index is 1.80. The number of rotatable bonds is 1. The maximum absolute atomic E-state index is 12.4. The van der Waals surface area contributed by atoms with E-state index < -0.39 is 0 Å². The molecular weight excluding hydrogens is 270 g/mol. The molecule has 6 nitrogen and oxygen atoms in total. The SMILES string of the molecule is CC(=O)N1CC2(C1)CN(C(=O)C(C)C)C[C@H]1C[C@@H](O)CN12. The van der Waals surface area contributed by atoms with Crippen molar-refractivity contribution in [2.24, 2.45) is 5.92 Å². The Morgan fingerprint density at radius 2 is 1.76 bits per heavy atom. The minimum absolute atomic E-state index is 0.0103. The molecule has 2 atom stereocenters. The van der Waals surface area contributed by atoms with Crippen molar-refractivity contribution in [1.29, 1.82) is 0 Å². The number of likely N-dealkylation sites (tertiary alicyclic amines) is 1. The molecule has 21 heavy (non-hydrogen) atoms.